The highest BCUT2D eigenvalue weighted by Crippen LogP contribution is 2.38. The quantitative estimate of drug-likeness (QED) is 0.841. The zero-order chi connectivity index (χ0) is 13.9. The SMILES string of the molecule is CC(C)(C)CC(CO)NCc1cnc(C2CCC2)s1. The lowest BCUT2D eigenvalue weighted by Crippen LogP contribution is -2.35. The Morgan fingerprint density at radius 2 is 2.21 bits per heavy atom. The molecule has 1 unspecified atom stereocenters. The first-order chi connectivity index (χ1) is 8.98. The summed E-state index contributed by atoms with van der Waals surface area (Å²) in [6, 6.07) is 0.175. The summed E-state index contributed by atoms with van der Waals surface area (Å²) in [5.74, 6) is 0.724. The van der Waals surface area contributed by atoms with Crippen molar-refractivity contribution in [3.05, 3.63) is 16.1 Å². The smallest absolute Gasteiger partial charge is 0.0959 e. The van der Waals surface area contributed by atoms with Gasteiger partial charge in [0.15, 0.2) is 0 Å². The molecule has 1 aromatic rings. The van der Waals surface area contributed by atoms with Gasteiger partial charge in [0.1, 0.15) is 0 Å². The Labute approximate surface area is 120 Å². The molecule has 1 atom stereocenters. The topological polar surface area (TPSA) is 45.1 Å². The predicted octanol–water partition coefficient (Wildman–Crippen LogP) is 3.30. The fraction of sp³-hybridized carbons (Fsp3) is 0.800. The second-order valence-corrected chi connectivity index (χ2v) is 7.96. The van der Waals surface area contributed by atoms with E-state index in [0.717, 1.165) is 18.9 Å². The molecule has 3 nitrogen and oxygen atoms in total. The highest BCUT2D eigenvalue weighted by atomic mass is 32.1. The molecule has 0 aliphatic heterocycles. The van der Waals surface area contributed by atoms with Crippen LogP contribution < -0.4 is 5.32 Å². The van der Waals surface area contributed by atoms with E-state index in [4.69, 9.17) is 0 Å². The van der Waals surface area contributed by atoms with Gasteiger partial charge >= 0.3 is 0 Å². The van der Waals surface area contributed by atoms with Gasteiger partial charge < -0.3 is 10.4 Å². The molecule has 0 aromatic carbocycles. The van der Waals surface area contributed by atoms with Crippen LogP contribution in [-0.4, -0.2) is 22.7 Å². The van der Waals surface area contributed by atoms with Gasteiger partial charge in [0.2, 0.25) is 0 Å². The van der Waals surface area contributed by atoms with Gasteiger partial charge in [-0.25, -0.2) is 4.98 Å². The van der Waals surface area contributed by atoms with E-state index in [1.54, 1.807) is 0 Å². The molecule has 0 bridgehead atoms. The number of nitrogens with one attached hydrogen (secondary N) is 1. The standard InChI is InChI=1S/C15H26N2OS/c1-15(2,3)7-12(10-18)16-8-13-9-17-14(19-13)11-5-4-6-11/h9,11-12,16,18H,4-8,10H2,1-3H3. The van der Waals surface area contributed by atoms with E-state index in [1.165, 1.54) is 29.1 Å². The first kappa shape index (κ1) is 14.9. The van der Waals surface area contributed by atoms with E-state index in [1.807, 2.05) is 17.5 Å². The van der Waals surface area contributed by atoms with Crippen LogP contribution in [-0.2, 0) is 6.54 Å². The first-order valence-electron chi connectivity index (χ1n) is 7.27. The molecule has 1 aromatic heterocycles. The van der Waals surface area contributed by atoms with Crippen LogP contribution in [0.5, 0.6) is 0 Å². The minimum Gasteiger partial charge on any atom is -0.395 e. The molecule has 0 radical (unpaired) electrons. The van der Waals surface area contributed by atoms with Crippen molar-refractivity contribution in [1.82, 2.24) is 10.3 Å². The van der Waals surface area contributed by atoms with Gasteiger partial charge in [0.05, 0.1) is 11.6 Å². The van der Waals surface area contributed by atoms with Gasteiger partial charge in [0, 0.05) is 29.6 Å². The summed E-state index contributed by atoms with van der Waals surface area (Å²) < 4.78 is 0. The lowest BCUT2D eigenvalue weighted by molar-refractivity contribution is 0.198. The van der Waals surface area contributed by atoms with Crippen molar-refractivity contribution in [1.29, 1.82) is 0 Å². The molecule has 1 fully saturated rings. The largest absolute Gasteiger partial charge is 0.395 e. The van der Waals surface area contributed by atoms with Crippen molar-refractivity contribution in [2.24, 2.45) is 5.41 Å². The number of hydrogen-bond acceptors (Lipinski definition) is 4. The predicted molar refractivity (Wildman–Crippen MR) is 80.5 cm³/mol. The Hall–Kier alpha value is -0.450. The molecule has 2 N–H and O–H groups in total. The number of aromatic nitrogens is 1. The maximum atomic E-state index is 9.43. The van der Waals surface area contributed by atoms with Gasteiger partial charge in [-0.2, -0.15) is 0 Å². The molecule has 4 heteroatoms. The number of rotatable bonds is 6. The average molecular weight is 282 g/mol. The number of nitrogens with zero attached hydrogens (tertiary/aromatic N) is 1. The lowest BCUT2D eigenvalue weighted by Gasteiger charge is -2.25. The van der Waals surface area contributed by atoms with Crippen LogP contribution in [0.3, 0.4) is 0 Å². The maximum Gasteiger partial charge on any atom is 0.0959 e. The van der Waals surface area contributed by atoms with E-state index in [9.17, 15) is 5.11 Å². The molecule has 2 rings (SSSR count). The van der Waals surface area contributed by atoms with Crippen LogP contribution in [0.15, 0.2) is 6.20 Å². The zero-order valence-corrected chi connectivity index (χ0v) is 13.1. The normalized spacial score (nSPS) is 18.3. The third kappa shape index (κ3) is 4.55. The minimum atomic E-state index is 0.175. The van der Waals surface area contributed by atoms with Crippen molar-refractivity contribution in [2.75, 3.05) is 6.61 Å². The summed E-state index contributed by atoms with van der Waals surface area (Å²) in [7, 11) is 0. The number of thiazole rings is 1. The molecule has 0 saturated heterocycles. The van der Waals surface area contributed by atoms with Crippen LogP contribution >= 0.6 is 11.3 Å². The van der Waals surface area contributed by atoms with Gasteiger partial charge in [0.25, 0.3) is 0 Å². The molecule has 108 valence electrons. The van der Waals surface area contributed by atoms with E-state index < -0.39 is 0 Å². The highest BCUT2D eigenvalue weighted by molar-refractivity contribution is 7.11. The zero-order valence-electron chi connectivity index (χ0n) is 12.3. The molecule has 1 heterocycles. The fourth-order valence-electron chi connectivity index (χ4n) is 2.43. The summed E-state index contributed by atoms with van der Waals surface area (Å²) >= 11 is 1.83. The third-order valence-corrected chi connectivity index (χ3v) is 4.83. The van der Waals surface area contributed by atoms with Gasteiger partial charge in [-0.15, -0.1) is 11.3 Å². The molecule has 1 aliphatic rings. The van der Waals surface area contributed by atoms with Crippen molar-refractivity contribution in [2.45, 2.75) is 65.0 Å². The highest BCUT2D eigenvalue weighted by Gasteiger charge is 2.23. The number of hydrogen-bond donors (Lipinski definition) is 2. The van der Waals surface area contributed by atoms with E-state index in [-0.39, 0.29) is 18.1 Å². The van der Waals surface area contributed by atoms with E-state index in [0.29, 0.717) is 0 Å². The molecule has 1 saturated carbocycles. The van der Waals surface area contributed by atoms with Crippen LogP contribution in [0.2, 0.25) is 0 Å². The van der Waals surface area contributed by atoms with E-state index >= 15 is 0 Å². The summed E-state index contributed by atoms with van der Waals surface area (Å²) in [5, 5.41) is 14.2. The van der Waals surface area contributed by atoms with Crippen LogP contribution in [0, 0.1) is 5.41 Å². The van der Waals surface area contributed by atoms with Gasteiger partial charge in [-0.05, 0) is 24.7 Å². The third-order valence-electron chi connectivity index (χ3n) is 3.67. The van der Waals surface area contributed by atoms with Gasteiger partial charge in [-0.1, -0.05) is 27.2 Å². The molecule has 0 spiro atoms. The number of aliphatic hydroxyl groups excluding tert-OH is 1. The summed E-state index contributed by atoms with van der Waals surface area (Å²) in [5.41, 5.74) is 0.241. The average Bonchev–Trinajstić information content (AvgIpc) is 2.68. The van der Waals surface area contributed by atoms with Gasteiger partial charge in [-0.3, -0.25) is 0 Å². The van der Waals surface area contributed by atoms with E-state index in [2.05, 4.69) is 31.1 Å². The monoisotopic (exact) mass is 282 g/mol. The Balaban J connectivity index is 1.81. The maximum absolute atomic E-state index is 9.43. The molecular formula is C15H26N2OS. The van der Waals surface area contributed by atoms with Crippen LogP contribution in [0.25, 0.3) is 0 Å². The molecule has 1 aliphatic carbocycles. The summed E-state index contributed by atoms with van der Waals surface area (Å²) in [6.07, 6.45) is 6.96. The first-order valence-corrected chi connectivity index (χ1v) is 8.08. The summed E-state index contributed by atoms with van der Waals surface area (Å²) in [4.78, 5) is 5.82. The lowest BCUT2D eigenvalue weighted by atomic mass is 9.86. The molecule has 19 heavy (non-hydrogen) atoms. The molecular weight excluding hydrogens is 256 g/mol. The second-order valence-electron chi connectivity index (χ2n) is 6.82. The Bertz CT molecular complexity index is 393. The van der Waals surface area contributed by atoms with Crippen molar-refractivity contribution < 1.29 is 5.11 Å². The fourth-order valence-corrected chi connectivity index (χ4v) is 3.47. The minimum absolute atomic E-state index is 0.175. The van der Waals surface area contributed by atoms with Crippen molar-refractivity contribution in [3.63, 3.8) is 0 Å². The van der Waals surface area contributed by atoms with Crippen molar-refractivity contribution in [3.8, 4) is 0 Å². The van der Waals surface area contributed by atoms with Crippen LogP contribution in [0.1, 0.15) is 62.3 Å². The Morgan fingerprint density at radius 3 is 2.74 bits per heavy atom. The molecule has 0 amide bonds. The Kier molecular flexibility index (Phi) is 4.98. The van der Waals surface area contributed by atoms with Crippen LogP contribution in [0.4, 0.5) is 0 Å². The second kappa shape index (κ2) is 6.33. The van der Waals surface area contributed by atoms with Crippen molar-refractivity contribution >= 4 is 11.3 Å². The number of aliphatic hydroxyl groups is 1. The Morgan fingerprint density at radius 1 is 1.47 bits per heavy atom. The summed E-state index contributed by atoms with van der Waals surface area (Å²) in [6.45, 7) is 7.65.